The molecule has 2 aliphatic rings. The Morgan fingerprint density at radius 2 is 1.77 bits per heavy atom. The Morgan fingerprint density at radius 3 is 2.45 bits per heavy atom. The van der Waals surface area contributed by atoms with Crippen LogP contribution in [0.2, 0.25) is 0 Å². The number of carbonyl (C=O) groups excluding carboxylic acids is 2. The Bertz CT molecular complexity index is 918. The number of phenolic OH excluding ortho intramolecular Hbond substituents is 1. The molecule has 0 spiro atoms. The number of hydrogen-bond donors (Lipinski definition) is 2. The minimum Gasteiger partial charge on any atom is -0.508 e. The van der Waals surface area contributed by atoms with Crippen molar-refractivity contribution in [3.05, 3.63) is 60.7 Å². The number of benzene rings is 1. The molecule has 2 fully saturated rings. The van der Waals surface area contributed by atoms with Crippen LogP contribution in [0.3, 0.4) is 0 Å². The average molecular weight is 425 g/mol. The summed E-state index contributed by atoms with van der Waals surface area (Å²) in [5.74, 6) is 0.418. The fourth-order valence-electron chi connectivity index (χ4n) is 4.12. The van der Waals surface area contributed by atoms with E-state index in [9.17, 15) is 14.7 Å². The van der Waals surface area contributed by atoms with Crippen molar-refractivity contribution in [3.8, 4) is 5.75 Å². The molecule has 8 nitrogen and oxygen atoms in total. The van der Waals surface area contributed by atoms with E-state index in [0.717, 1.165) is 38.3 Å². The molecule has 0 saturated carbocycles. The number of piperazine rings is 1. The number of furan rings is 1. The molecule has 164 valence electrons. The van der Waals surface area contributed by atoms with E-state index >= 15 is 0 Å². The Morgan fingerprint density at radius 1 is 1.06 bits per heavy atom. The number of nitrogens with zero attached hydrogens (tertiary/aromatic N) is 3. The summed E-state index contributed by atoms with van der Waals surface area (Å²) >= 11 is 0. The first-order chi connectivity index (χ1) is 15.0. The van der Waals surface area contributed by atoms with Crippen LogP contribution in [0, 0.1) is 5.92 Å². The van der Waals surface area contributed by atoms with Crippen molar-refractivity contribution in [1.29, 1.82) is 0 Å². The van der Waals surface area contributed by atoms with E-state index in [1.54, 1.807) is 36.4 Å². The van der Waals surface area contributed by atoms with Crippen molar-refractivity contribution in [1.82, 2.24) is 14.7 Å². The van der Waals surface area contributed by atoms with E-state index in [4.69, 9.17) is 4.42 Å². The highest BCUT2D eigenvalue weighted by Gasteiger charge is 2.30. The molecule has 2 saturated heterocycles. The molecule has 2 aliphatic heterocycles. The van der Waals surface area contributed by atoms with Crippen LogP contribution in [0.1, 0.15) is 17.0 Å². The third-order valence-corrected chi connectivity index (χ3v) is 5.93. The molecule has 8 heteroatoms. The van der Waals surface area contributed by atoms with Crippen LogP contribution >= 0.6 is 0 Å². The van der Waals surface area contributed by atoms with Gasteiger partial charge in [-0.25, -0.2) is 0 Å². The smallest absolute Gasteiger partial charge is 0.289 e. The highest BCUT2D eigenvalue weighted by molar-refractivity contribution is 5.93. The molecule has 2 aromatic rings. The number of carbonyl (C=O) groups is 2. The fourth-order valence-corrected chi connectivity index (χ4v) is 4.12. The molecule has 1 unspecified atom stereocenters. The SMILES string of the molecule is C=C(CN1CCC(C(=O)Nc2ccc(O)cc2)C1)N1CCN(C(=O)c2ccco2)CC1. The van der Waals surface area contributed by atoms with Gasteiger partial charge in [-0.15, -0.1) is 0 Å². The average Bonchev–Trinajstić information content (AvgIpc) is 3.47. The van der Waals surface area contributed by atoms with Crippen molar-refractivity contribution in [2.75, 3.05) is 51.1 Å². The van der Waals surface area contributed by atoms with E-state index in [-0.39, 0.29) is 23.5 Å². The van der Waals surface area contributed by atoms with Gasteiger partial charge in [0.1, 0.15) is 5.75 Å². The van der Waals surface area contributed by atoms with Gasteiger partial charge in [0.25, 0.3) is 5.91 Å². The zero-order chi connectivity index (χ0) is 21.8. The summed E-state index contributed by atoms with van der Waals surface area (Å²) in [6, 6.07) is 9.91. The number of phenols is 1. The second-order valence-corrected chi connectivity index (χ2v) is 8.08. The van der Waals surface area contributed by atoms with Gasteiger partial charge in [-0.3, -0.25) is 14.5 Å². The van der Waals surface area contributed by atoms with Gasteiger partial charge >= 0.3 is 0 Å². The van der Waals surface area contributed by atoms with E-state index in [1.807, 2.05) is 4.90 Å². The number of amides is 2. The first-order valence-electron chi connectivity index (χ1n) is 10.6. The van der Waals surface area contributed by atoms with E-state index in [0.29, 0.717) is 31.1 Å². The first-order valence-corrected chi connectivity index (χ1v) is 10.6. The van der Waals surface area contributed by atoms with Crippen molar-refractivity contribution in [2.45, 2.75) is 6.42 Å². The van der Waals surface area contributed by atoms with Crippen molar-refractivity contribution < 1.29 is 19.1 Å². The number of hydrogen-bond acceptors (Lipinski definition) is 6. The van der Waals surface area contributed by atoms with Crippen molar-refractivity contribution in [3.63, 3.8) is 0 Å². The standard InChI is InChI=1S/C23H28N4O4/c1-17(26-10-12-27(13-11-26)23(30)21-3-2-14-31-21)15-25-9-8-18(16-25)22(29)24-19-4-6-20(28)7-5-19/h2-7,14,18,28H,1,8-13,15-16H2,(H,24,29). The molecular weight excluding hydrogens is 396 g/mol. The summed E-state index contributed by atoms with van der Waals surface area (Å²) in [6.07, 6.45) is 2.32. The topological polar surface area (TPSA) is 89.3 Å². The predicted molar refractivity (Wildman–Crippen MR) is 117 cm³/mol. The van der Waals surface area contributed by atoms with E-state index < -0.39 is 0 Å². The predicted octanol–water partition coefficient (Wildman–Crippen LogP) is 2.22. The number of nitrogens with one attached hydrogen (secondary N) is 1. The third kappa shape index (κ3) is 5.08. The lowest BCUT2D eigenvalue weighted by molar-refractivity contribution is -0.119. The van der Waals surface area contributed by atoms with Crippen LogP contribution in [-0.4, -0.2) is 77.4 Å². The zero-order valence-corrected chi connectivity index (χ0v) is 17.5. The van der Waals surface area contributed by atoms with Crippen LogP contribution < -0.4 is 5.32 Å². The molecule has 2 amide bonds. The Labute approximate surface area is 181 Å². The van der Waals surface area contributed by atoms with Gasteiger partial charge in [0.2, 0.25) is 5.91 Å². The Balaban J connectivity index is 1.21. The second-order valence-electron chi connectivity index (χ2n) is 8.08. The molecule has 0 aliphatic carbocycles. The minimum absolute atomic E-state index is 0.00357. The van der Waals surface area contributed by atoms with Crippen LogP contribution in [0.25, 0.3) is 0 Å². The number of rotatable bonds is 6. The van der Waals surface area contributed by atoms with Gasteiger partial charge in [-0.1, -0.05) is 6.58 Å². The molecule has 2 N–H and O–H groups in total. The van der Waals surface area contributed by atoms with Crippen molar-refractivity contribution >= 4 is 17.5 Å². The van der Waals surface area contributed by atoms with Gasteiger partial charge in [0.15, 0.2) is 5.76 Å². The first kappa shape index (κ1) is 21.0. The van der Waals surface area contributed by atoms with Crippen LogP contribution in [0.4, 0.5) is 5.69 Å². The van der Waals surface area contributed by atoms with Gasteiger partial charge < -0.3 is 24.6 Å². The molecule has 0 bridgehead atoms. The maximum Gasteiger partial charge on any atom is 0.289 e. The summed E-state index contributed by atoms with van der Waals surface area (Å²) < 4.78 is 5.21. The third-order valence-electron chi connectivity index (χ3n) is 5.93. The van der Waals surface area contributed by atoms with E-state index in [1.165, 1.54) is 6.26 Å². The maximum absolute atomic E-state index is 12.6. The summed E-state index contributed by atoms with van der Waals surface area (Å²) in [6.45, 7) is 9.26. The van der Waals surface area contributed by atoms with Crippen LogP contribution in [-0.2, 0) is 4.79 Å². The van der Waals surface area contributed by atoms with Gasteiger partial charge in [-0.05, 0) is 49.4 Å². The molecule has 1 aromatic heterocycles. The molecule has 4 rings (SSSR count). The number of likely N-dealkylation sites (tertiary alicyclic amines) is 1. The minimum atomic E-state index is -0.0720. The fraction of sp³-hybridized carbons (Fsp3) is 0.391. The largest absolute Gasteiger partial charge is 0.508 e. The van der Waals surface area contributed by atoms with Gasteiger partial charge in [0.05, 0.1) is 12.2 Å². The molecule has 0 radical (unpaired) electrons. The number of aromatic hydroxyl groups is 1. The molecule has 1 atom stereocenters. The number of anilines is 1. The zero-order valence-electron chi connectivity index (χ0n) is 17.5. The molecule has 31 heavy (non-hydrogen) atoms. The lowest BCUT2D eigenvalue weighted by Gasteiger charge is -2.37. The van der Waals surface area contributed by atoms with Crippen LogP contribution in [0.15, 0.2) is 59.4 Å². The second kappa shape index (κ2) is 9.26. The summed E-state index contributed by atoms with van der Waals surface area (Å²) in [4.78, 5) is 31.2. The highest BCUT2D eigenvalue weighted by Crippen LogP contribution is 2.22. The maximum atomic E-state index is 12.6. The lowest BCUT2D eigenvalue weighted by atomic mass is 10.1. The van der Waals surface area contributed by atoms with Crippen LogP contribution in [0.5, 0.6) is 5.75 Å². The van der Waals surface area contributed by atoms with Gasteiger partial charge in [-0.2, -0.15) is 0 Å². The highest BCUT2D eigenvalue weighted by atomic mass is 16.3. The van der Waals surface area contributed by atoms with Gasteiger partial charge in [0, 0.05) is 50.7 Å². The normalized spacial score (nSPS) is 19.4. The summed E-state index contributed by atoms with van der Waals surface area (Å²) in [5.41, 5.74) is 1.71. The summed E-state index contributed by atoms with van der Waals surface area (Å²) in [7, 11) is 0. The molecule has 1 aromatic carbocycles. The quantitative estimate of drug-likeness (QED) is 0.692. The molecular formula is C23H28N4O4. The van der Waals surface area contributed by atoms with Crippen molar-refractivity contribution in [2.24, 2.45) is 5.92 Å². The monoisotopic (exact) mass is 424 g/mol. The van der Waals surface area contributed by atoms with E-state index in [2.05, 4.69) is 21.7 Å². The Kier molecular flexibility index (Phi) is 6.27. The Hall–Kier alpha value is -3.26. The summed E-state index contributed by atoms with van der Waals surface area (Å²) in [5, 5.41) is 12.3. The molecule has 3 heterocycles. The lowest BCUT2D eigenvalue weighted by Crippen LogP contribution is -2.49.